The number of likely N-dealkylation sites (tertiary alicyclic amines) is 1. The number of carbonyl (C=O) groups excluding carboxylic acids is 1. The predicted molar refractivity (Wildman–Crippen MR) is 61.3 cm³/mol. The van der Waals surface area contributed by atoms with Gasteiger partial charge < -0.3 is 19.7 Å². The molecule has 0 spiro atoms. The molecule has 1 saturated heterocycles. The van der Waals surface area contributed by atoms with E-state index in [0.717, 1.165) is 19.4 Å². The van der Waals surface area contributed by atoms with Crippen molar-refractivity contribution in [3.05, 3.63) is 0 Å². The van der Waals surface area contributed by atoms with Gasteiger partial charge in [-0.3, -0.25) is 4.79 Å². The van der Waals surface area contributed by atoms with Gasteiger partial charge in [0.25, 0.3) is 0 Å². The lowest BCUT2D eigenvalue weighted by atomic mass is 10.0. The number of hydrogen-bond donors (Lipinski definition) is 1. The first kappa shape index (κ1) is 13.4. The Morgan fingerprint density at radius 1 is 1.56 bits per heavy atom. The van der Waals surface area contributed by atoms with E-state index in [1.54, 1.807) is 14.2 Å². The second-order valence-electron chi connectivity index (χ2n) is 4.08. The Hall–Kier alpha value is -0.650. The lowest BCUT2D eigenvalue weighted by Gasteiger charge is -2.34. The van der Waals surface area contributed by atoms with Crippen molar-refractivity contribution in [2.24, 2.45) is 0 Å². The Morgan fingerprint density at radius 2 is 2.31 bits per heavy atom. The summed E-state index contributed by atoms with van der Waals surface area (Å²) in [5.41, 5.74) is 0. The number of likely N-dealkylation sites (N-methyl/N-ethyl adjacent to an activating group) is 1. The molecule has 16 heavy (non-hydrogen) atoms. The van der Waals surface area contributed by atoms with Gasteiger partial charge in [-0.2, -0.15) is 0 Å². The third-order valence-corrected chi connectivity index (χ3v) is 2.99. The van der Waals surface area contributed by atoms with Crippen LogP contribution in [0.5, 0.6) is 0 Å². The van der Waals surface area contributed by atoms with Crippen LogP contribution in [0.3, 0.4) is 0 Å². The van der Waals surface area contributed by atoms with Crippen LogP contribution < -0.4 is 5.32 Å². The summed E-state index contributed by atoms with van der Waals surface area (Å²) in [4.78, 5) is 13.8. The summed E-state index contributed by atoms with van der Waals surface area (Å²) in [5.74, 6) is 0.173. The van der Waals surface area contributed by atoms with Crippen LogP contribution in [0.4, 0.5) is 0 Å². The van der Waals surface area contributed by atoms with Gasteiger partial charge in [-0.25, -0.2) is 0 Å². The number of amides is 1. The molecule has 1 rings (SSSR count). The molecule has 1 N–H and O–H groups in total. The summed E-state index contributed by atoms with van der Waals surface area (Å²) < 4.78 is 10.3. The minimum atomic E-state index is -0.0374. The van der Waals surface area contributed by atoms with Gasteiger partial charge in [-0.05, 0) is 19.9 Å². The van der Waals surface area contributed by atoms with E-state index in [9.17, 15) is 4.79 Å². The van der Waals surface area contributed by atoms with E-state index < -0.39 is 0 Å². The maximum atomic E-state index is 12.0. The molecule has 1 aliphatic heterocycles. The zero-order chi connectivity index (χ0) is 12.0. The van der Waals surface area contributed by atoms with Crippen molar-refractivity contribution in [1.29, 1.82) is 0 Å². The highest BCUT2D eigenvalue weighted by Crippen LogP contribution is 2.12. The minimum Gasteiger partial charge on any atom is -0.382 e. The number of nitrogens with zero attached hydrogens (tertiary/aromatic N) is 1. The first-order chi connectivity index (χ1) is 7.72. The Kier molecular flexibility index (Phi) is 5.73. The molecule has 5 heteroatoms. The van der Waals surface area contributed by atoms with Gasteiger partial charge >= 0.3 is 0 Å². The summed E-state index contributed by atoms with van der Waals surface area (Å²) in [7, 11) is 5.11. The SMILES string of the molecule is CNC1CCCN(CC(COC)OC)C1=O. The summed E-state index contributed by atoms with van der Waals surface area (Å²) in [6.07, 6.45) is 1.93. The highest BCUT2D eigenvalue weighted by molar-refractivity contribution is 5.82. The standard InChI is InChI=1S/C11H22N2O3/c1-12-10-5-4-6-13(11(10)14)7-9(16-3)8-15-2/h9-10,12H,4-8H2,1-3H3. The third kappa shape index (κ3) is 3.43. The number of hydrogen-bond acceptors (Lipinski definition) is 4. The van der Waals surface area contributed by atoms with E-state index in [4.69, 9.17) is 9.47 Å². The monoisotopic (exact) mass is 230 g/mol. The Bertz CT molecular complexity index is 223. The maximum Gasteiger partial charge on any atom is 0.239 e. The fourth-order valence-electron chi connectivity index (χ4n) is 2.02. The number of piperidine rings is 1. The zero-order valence-corrected chi connectivity index (χ0v) is 10.4. The number of carbonyl (C=O) groups is 1. The Balaban J connectivity index is 2.48. The van der Waals surface area contributed by atoms with Crippen LogP contribution in [0.2, 0.25) is 0 Å². The van der Waals surface area contributed by atoms with E-state index in [1.807, 2.05) is 11.9 Å². The fourth-order valence-corrected chi connectivity index (χ4v) is 2.02. The van der Waals surface area contributed by atoms with Gasteiger partial charge in [0, 0.05) is 27.3 Å². The predicted octanol–water partition coefficient (Wildman–Crippen LogP) is -0.142. The highest BCUT2D eigenvalue weighted by atomic mass is 16.5. The van der Waals surface area contributed by atoms with Crippen molar-refractivity contribution >= 4 is 5.91 Å². The van der Waals surface area contributed by atoms with Gasteiger partial charge in [0.2, 0.25) is 5.91 Å². The van der Waals surface area contributed by atoms with Crippen LogP contribution in [0.25, 0.3) is 0 Å². The van der Waals surface area contributed by atoms with Gasteiger partial charge in [0.05, 0.1) is 18.8 Å². The number of methoxy groups -OCH3 is 2. The minimum absolute atomic E-state index is 0.0335. The summed E-state index contributed by atoms with van der Waals surface area (Å²) in [6, 6.07) is -0.0335. The molecule has 0 bridgehead atoms. The molecule has 0 aromatic carbocycles. The Labute approximate surface area is 97.1 Å². The lowest BCUT2D eigenvalue weighted by Crippen LogP contribution is -2.52. The molecule has 1 amide bonds. The summed E-state index contributed by atoms with van der Waals surface area (Å²) in [6.45, 7) is 1.95. The average molecular weight is 230 g/mol. The van der Waals surface area contributed by atoms with Crippen molar-refractivity contribution in [3.63, 3.8) is 0 Å². The van der Waals surface area contributed by atoms with Gasteiger partial charge in [0.1, 0.15) is 0 Å². The molecule has 0 aliphatic carbocycles. The van der Waals surface area contributed by atoms with E-state index in [2.05, 4.69) is 5.32 Å². The van der Waals surface area contributed by atoms with Crippen molar-refractivity contribution in [2.45, 2.75) is 25.0 Å². The van der Waals surface area contributed by atoms with Crippen LogP contribution in [0.1, 0.15) is 12.8 Å². The quantitative estimate of drug-likeness (QED) is 0.690. The van der Waals surface area contributed by atoms with Crippen molar-refractivity contribution < 1.29 is 14.3 Å². The highest BCUT2D eigenvalue weighted by Gasteiger charge is 2.28. The van der Waals surface area contributed by atoms with Crippen molar-refractivity contribution in [3.8, 4) is 0 Å². The van der Waals surface area contributed by atoms with Gasteiger partial charge in [0.15, 0.2) is 0 Å². The van der Waals surface area contributed by atoms with E-state index >= 15 is 0 Å². The van der Waals surface area contributed by atoms with Crippen LogP contribution in [0.15, 0.2) is 0 Å². The van der Waals surface area contributed by atoms with E-state index in [1.165, 1.54) is 0 Å². The third-order valence-electron chi connectivity index (χ3n) is 2.99. The van der Waals surface area contributed by atoms with E-state index in [0.29, 0.717) is 13.2 Å². The molecule has 0 saturated carbocycles. The molecule has 1 heterocycles. The van der Waals surface area contributed by atoms with Crippen LogP contribution in [-0.4, -0.2) is 63.9 Å². The molecule has 1 aliphatic rings. The molecule has 0 radical (unpaired) electrons. The maximum absolute atomic E-state index is 12.0. The van der Waals surface area contributed by atoms with Crippen LogP contribution in [-0.2, 0) is 14.3 Å². The second kappa shape index (κ2) is 6.83. The van der Waals surface area contributed by atoms with Crippen LogP contribution >= 0.6 is 0 Å². The fraction of sp³-hybridized carbons (Fsp3) is 0.909. The Morgan fingerprint density at radius 3 is 2.88 bits per heavy atom. The molecule has 5 nitrogen and oxygen atoms in total. The topological polar surface area (TPSA) is 50.8 Å². The normalized spacial score (nSPS) is 23.6. The largest absolute Gasteiger partial charge is 0.382 e. The smallest absolute Gasteiger partial charge is 0.239 e. The van der Waals surface area contributed by atoms with Gasteiger partial charge in [-0.15, -0.1) is 0 Å². The molecule has 0 aromatic heterocycles. The summed E-state index contributed by atoms with van der Waals surface area (Å²) >= 11 is 0. The number of ether oxygens (including phenoxy) is 2. The molecule has 1 fully saturated rings. The molecule has 2 unspecified atom stereocenters. The van der Waals surface area contributed by atoms with E-state index in [-0.39, 0.29) is 18.1 Å². The number of rotatable bonds is 6. The first-order valence-electron chi connectivity index (χ1n) is 5.70. The molecular weight excluding hydrogens is 208 g/mol. The second-order valence-corrected chi connectivity index (χ2v) is 4.08. The van der Waals surface area contributed by atoms with Gasteiger partial charge in [-0.1, -0.05) is 0 Å². The first-order valence-corrected chi connectivity index (χ1v) is 5.70. The molecular formula is C11H22N2O3. The number of nitrogens with one attached hydrogen (secondary N) is 1. The molecule has 2 atom stereocenters. The zero-order valence-electron chi connectivity index (χ0n) is 10.4. The lowest BCUT2D eigenvalue weighted by molar-refractivity contribution is -0.138. The molecule has 94 valence electrons. The average Bonchev–Trinajstić information content (AvgIpc) is 2.31. The summed E-state index contributed by atoms with van der Waals surface area (Å²) in [5, 5.41) is 3.04. The van der Waals surface area contributed by atoms with Crippen molar-refractivity contribution in [2.75, 3.05) is 41.0 Å². The van der Waals surface area contributed by atoms with Crippen LogP contribution in [0, 0.1) is 0 Å². The molecule has 0 aromatic rings. The van der Waals surface area contributed by atoms with Crippen molar-refractivity contribution in [1.82, 2.24) is 10.2 Å².